The molecule has 1 fully saturated rings. The molecule has 4 rings (SSSR count). The number of aryl methyl sites for hydroxylation is 1. The van der Waals surface area contributed by atoms with Crippen molar-refractivity contribution in [3.05, 3.63) is 53.6 Å². The van der Waals surface area contributed by atoms with Crippen molar-refractivity contribution >= 4 is 5.91 Å². The van der Waals surface area contributed by atoms with Crippen LogP contribution < -0.4 is 14.2 Å². The van der Waals surface area contributed by atoms with E-state index in [0.717, 1.165) is 47.8 Å². The van der Waals surface area contributed by atoms with Gasteiger partial charge in [-0.25, -0.2) is 0 Å². The van der Waals surface area contributed by atoms with Crippen molar-refractivity contribution < 1.29 is 19.0 Å². The molecule has 0 unspecified atom stereocenters. The van der Waals surface area contributed by atoms with Gasteiger partial charge < -0.3 is 19.1 Å². The van der Waals surface area contributed by atoms with Gasteiger partial charge in [-0.3, -0.25) is 4.79 Å². The normalized spacial score (nSPS) is 18.7. The van der Waals surface area contributed by atoms with Crippen molar-refractivity contribution in [2.75, 3.05) is 26.4 Å². The molecule has 2 heterocycles. The van der Waals surface area contributed by atoms with Gasteiger partial charge in [0.15, 0.2) is 18.1 Å². The molecule has 5 heteroatoms. The summed E-state index contributed by atoms with van der Waals surface area (Å²) < 4.78 is 17.0. The summed E-state index contributed by atoms with van der Waals surface area (Å²) in [6, 6.07) is 13.8. The zero-order valence-corrected chi connectivity index (χ0v) is 14.9. The molecule has 2 aromatic carbocycles. The van der Waals surface area contributed by atoms with Gasteiger partial charge in [0.1, 0.15) is 19.0 Å². The van der Waals surface area contributed by atoms with Crippen LogP contribution in [-0.2, 0) is 4.79 Å². The lowest BCUT2D eigenvalue weighted by Crippen LogP contribution is -2.34. The van der Waals surface area contributed by atoms with Gasteiger partial charge in [-0.1, -0.05) is 18.2 Å². The number of hydrogen-bond acceptors (Lipinski definition) is 4. The first kappa shape index (κ1) is 16.8. The predicted molar refractivity (Wildman–Crippen MR) is 97.8 cm³/mol. The SMILES string of the molecule is Cc1cccc(OCC(=O)N2CCC[C@@H]2c2ccc3c(c2)OCCO3)c1. The Kier molecular flexibility index (Phi) is 4.69. The Morgan fingerprint density at radius 1 is 1.15 bits per heavy atom. The third kappa shape index (κ3) is 3.47. The predicted octanol–water partition coefficient (Wildman–Crippen LogP) is 3.51. The molecule has 0 N–H and O–H groups in total. The van der Waals surface area contributed by atoms with Crippen LogP contribution in [0.2, 0.25) is 0 Å². The summed E-state index contributed by atoms with van der Waals surface area (Å²) in [4.78, 5) is 14.6. The van der Waals surface area contributed by atoms with E-state index < -0.39 is 0 Å². The standard InChI is InChI=1S/C21H23NO4/c1-15-4-2-5-17(12-15)26-14-21(23)22-9-3-6-18(22)16-7-8-19-20(13-16)25-11-10-24-19/h2,4-5,7-8,12-13,18H,3,6,9-11,14H2,1H3/t18-/m1/s1. The molecule has 0 bridgehead atoms. The van der Waals surface area contributed by atoms with Crippen LogP contribution in [0.5, 0.6) is 17.2 Å². The number of nitrogens with zero attached hydrogens (tertiary/aromatic N) is 1. The summed E-state index contributed by atoms with van der Waals surface area (Å²) in [5, 5.41) is 0. The maximum absolute atomic E-state index is 12.7. The molecule has 5 nitrogen and oxygen atoms in total. The molecule has 2 aromatic rings. The van der Waals surface area contributed by atoms with Crippen LogP contribution in [-0.4, -0.2) is 37.2 Å². The molecular weight excluding hydrogens is 330 g/mol. The first-order chi connectivity index (χ1) is 12.7. The van der Waals surface area contributed by atoms with Gasteiger partial charge in [0.05, 0.1) is 6.04 Å². The second-order valence-corrected chi connectivity index (χ2v) is 6.75. The third-order valence-corrected chi connectivity index (χ3v) is 4.88. The monoisotopic (exact) mass is 353 g/mol. The first-order valence-corrected chi connectivity index (χ1v) is 9.09. The van der Waals surface area contributed by atoms with E-state index in [2.05, 4.69) is 0 Å². The van der Waals surface area contributed by atoms with Crippen molar-refractivity contribution in [1.29, 1.82) is 0 Å². The van der Waals surface area contributed by atoms with Crippen LogP contribution in [0.1, 0.15) is 30.0 Å². The number of hydrogen-bond donors (Lipinski definition) is 0. The van der Waals surface area contributed by atoms with Gasteiger partial charge in [-0.05, 0) is 55.2 Å². The highest BCUT2D eigenvalue weighted by Gasteiger charge is 2.31. The fourth-order valence-electron chi connectivity index (χ4n) is 3.61. The van der Waals surface area contributed by atoms with E-state index in [1.54, 1.807) is 0 Å². The van der Waals surface area contributed by atoms with Gasteiger partial charge >= 0.3 is 0 Å². The van der Waals surface area contributed by atoms with Gasteiger partial charge in [0.25, 0.3) is 5.91 Å². The maximum Gasteiger partial charge on any atom is 0.261 e. The molecule has 26 heavy (non-hydrogen) atoms. The Hall–Kier alpha value is -2.69. The van der Waals surface area contributed by atoms with Crippen LogP contribution >= 0.6 is 0 Å². The smallest absolute Gasteiger partial charge is 0.261 e. The number of benzene rings is 2. The van der Waals surface area contributed by atoms with E-state index in [-0.39, 0.29) is 18.6 Å². The molecule has 0 aliphatic carbocycles. The van der Waals surface area contributed by atoms with E-state index in [1.165, 1.54) is 0 Å². The molecule has 0 radical (unpaired) electrons. The first-order valence-electron chi connectivity index (χ1n) is 9.09. The van der Waals surface area contributed by atoms with E-state index >= 15 is 0 Å². The van der Waals surface area contributed by atoms with Gasteiger partial charge in [0.2, 0.25) is 0 Å². The molecule has 0 saturated carbocycles. The van der Waals surface area contributed by atoms with E-state index in [1.807, 2.05) is 54.3 Å². The minimum atomic E-state index is 0.0175. The summed E-state index contributed by atoms with van der Waals surface area (Å²) in [5.74, 6) is 2.29. The summed E-state index contributed by atoms with van der Waals surface area (Å²) >= 11 is 0. The third-order valence-electron chi connectivity index (χ3n) is 4.88. The molecule has 136 valence electrons. The quantitative estimate of drug-likeness (QED) is 0.844. The maximum atomic E-state index is 12.7. The fourth-order valence-corrected chi connectivity index (χ4v) is 3.61. The molecule has 1 amide bonds. The Bertz CT molecular complexity index is 804. The average molecular weight is 353 g/mol. The summed E-state index contributed by atoms with van der Waals surface area (Å²) in [6.45, 7) is 3.97. The topological polar surface area (TPSA) is 48.0 Å². The summed E-state index contributed by atoms with van der Waals surface area (Å²) in [5.41, 5.74) is 2.21. The average Bonchev–Trinajstić information content (AvgIpc) is 3.16. The number of rotatable bonds is 4. The Morgan fingerprint density at radius 2 is 2.00 bits per heavy atom. The van der Waals surface area contributed by atoms with Crippen molar-refractivity contribution in [1.82, 2.24) is 4.90 Å². The van der Waals surface area contributed by atoms with Crippen LogP contribution in [0.25, 0.3) is 0 Å². The number of ether oxygens (including phenoxy) is 3. The highest BCUT2D eigenvalue weighted by atomic mass is 16.6. The number of likely N-dealkylation sites (tertiary alicyclic amines) is 1. The summed E-state index contributed by atoms with van der Waals surface area (Å²) in [7, 11) is 0. The molecule has 0 spiro atoms. The molecule has 2 aliphatic rings. The van der Waals surface area contributed by atoms with E-state index in [4.69, 9.17) is 14.2 Å². The van der Waals surface area contributed by atoms with Gasteiger partial charge in [0, 0.05) is 6.54 Å². The number of carbonyl (C=O) groups is 1. The van der Waals surface area contributed by atoms with Crippen LogP contribution in [0.15, 0.2) is 42.5 Å². The zero-order chi connectivity index (χ0) is 17.9. The number of carbonyl (C=O) groups excluding carboxylic acids is 1. The lowest BCUT2D eigenvalue weighted by Gasteiger charge is -2.26. The van der Waals surface area contributed by atoms with E-state index in [0.29, 0.717) is 13.2 Å². The van der Waals surface area contributed by atoms with Crippen molar-refractivity contribution in [2.24, 2.45) is 0 Å². The van der Waals surface area contributed by atoms with Crippen molar-refractivity contribution in [3.63, 3.8) is 0 Å². The van der Waals surface area contributed by atoms with Crippen molar-refractivity contribution in [2.45, 2.75) is 25.8 Å². The molecule has 1 saturated heterocycles. The van der Waals surface area contributed by atoms with Crippen LogP contribution in [0, 0.1) is 6.92 Å². The van der Waals surface area contributed by atoms with Crippen LogP contribution in [0.4, 0.5) is 0 Å². The van der Waals surface area contributed by atoms with Gasteiger partial charge in [-0.15, -0.1) is 0 Å². The molecular formula is C21H23NO4. The second-order valence-electron chi connectivity index (χ2n) is 6.75. The lowest BCUT2D eigenvalue weighted by atomic mass is 10.0. The minimum absolute atomic E-state index is 0.0175. The van der Waals surface area contributed by atoms with Crippen LogP contribution in [0.3, 0.4) is 0 Å². The number of fused-ring (bicyclic) bond motifs is 1. The molecule has 1 atom stereocenters. The molecule has 2 aliphatic heterocycles. The van der Waals surface area contributed by atoms with E-state index in [9.17, 15) is 4.79 Å². The fraction of sp³-hybridized carbons (Fsp3) is 0.381. The Balaban J connectivity index is 1.45. The summed E-state index contributed by atoms with van der Waals surface area (Å²) in [6.07, 6.45) is 1.95. The minimum Gasteiger partial charge on any atom is -0.486 e. The van der Waals surface area contributed by atoms with Gasteiger partial charge in [-0.2, -0.15) is 0 Å². The second kappa shape index (κ2) is 7.28. The Morgan fingerprint density at radius 3 is 2.85 bits per heavy atom. The van der Waals surface area contributed by atoms with Crippen molar-refractivity contribution in [3.8, 4) is 17.2 Å². The lowest BCUT2D eigenvalue weighted by molar-refractivity contribution is -0.134. The number of amides is 1. The Labute approximate surface area is 153 Å². The zero-order valence-electron chi connectivity index (χ0n) is 14.9. The largest absolute Gasteiger partial charge is 0.486 e. The molecule has 0 aromatic heterocycles. The highest BCUT2D eigenvalue weighted by Crippen LogP contribution is 2.38. The highest BCUT2D eigenvalue weighted by molar-refractivity contribution is 5.78.